The number of rotatable bonds is 4. The molecule has 0 aliphatic heterocycles. The van der Waals surface area contributed by atoms with E-state index in [4.69, 9.17) is 15.7 Å². The van der Waals surface area contributed by atoms with Crippen LogP contribution < -0.4 is 0 Å². The largest absolute Gasteiger partial charge is 0.455 e. The molecule has 0 aliphatic carbocycles. The third-order valence-electron chi connectivity index (χ3n) is 2.98. The van der Waals surface area contributed by atoms with Crippen molar-refractivity contribution in [2.45, 2.75) is 45.2 Å². The van der Waals surface area contributed by atoms with Crippen molar-refractivity contribution in [1.29, 1.82) is 0 Å². The Hall–Kier alpha value is -0.0962. The van der Waals surface area contributed by atoms with Crippen LogP contribution in [0.2, 0.25) is 37.8 Å². The van der Waals surface area contributed by atoms with Gasteiger partial charge in [-0.15, -0.1) is 0 Å². The fourth-order valence-corrected chi connectivity index (χ4v) is 10.2. The van der Waals surface area contributed by atoms with Crippen LogP contribution in [-0.2, 0) is 4.12 Å². The minimum Gasteiger partial charge on any atom is -0.455 e. The molecule has 0 saturated carbocycles. The van der Waals surface area contributed by atoms with Crippen molar-refractivity contribution in [3.63, 3.8) is 0 Å². The van der Waals surface area contributed by atoms with Crippen molar-refractivity contribution < 1.29 is 4.12 Å². The Morgan fingerprint density at radius 2 is 1.47 bits per heavy atom. The molecule has 0 aliphatic rings. The Labute approximate surface area is 112 Å². The second-order valence-electron chi connectivity index (χ2n) is 6.09. The predicted molar refractivity (Wildman–Crippen MR) is 81.8 cm³/mol. The summed E-state index contributed by atoms with van der Waals surface area (Å²) in [4.78, 5) is 0. The van der Waals surface area contributed by atoms with Gasteiger partial charge in [0, 0.05) is 5.02 Å². The fraction of sp³-hybridized carbons (Fsp3) is 0.538. The quantitative estimate of drug-likeness (QED) is 0.705. The summed E-state index contributed by atoms with van der Waals surface area (Å²) in [5.74, 6) is 0. The topological polar surface area (TPSA) is 9.23 Å². The molecule has 0 amide bonds. The molecule has 0 N–H and O–H groups in total. The van der Waals surface area contributed by atoms with Crippen LogP contribution >= 0.6 is 11.6 Å². The highest BCUT2D eigenvalue weighted by molar-refractivity contribution is 6.84. The van der Waals surface area contributed by atoms with Gasteiger partial charge in [-0.05, 0) is 56.0 Å². The minimum absolute atomic E-state index is 0.492. The lowest BCUT2D eigenvalue weighted by molar-refractivity contribution is 0.533. The average molecular weight is 287 g/mol. The van der Waals surface area contributed by atoms with Gasteiger partial charge in [0.2, 0.25) is 0 Å². The highest BCUT2D eigenvalue weighted by Gasteiger charge is 2.35. The summed E-state index contributed by atoms with van der Waals surface area (Å²) in [6, 6.07) is 8.17. The molecule has 0 aromatic heterocycles. The van der Waals surface area contributed by atoms with Gasteiger partial charge in [0.05, 0.1) is 0 Å². The van der Waals surface area contributed by atoms with E-state index in [2.05, 4.69) is 51.8 Å². The molecule has 1 aromatic carbocycles. The van der Waals surface area contributed by atoms with E-state index in [1.54, 1.807) is 0 Å². The summed E-state index contributed by atoms with van der Waals surface area (Å²) >= 11 is 5.92. The smallest absolute Gasteiger partial charge is 0.180 e. The van der Waals surface area contributed by atoms with Crippen molar-refractivity contribution in [3.8, 4) is 0 Å². The number of halogens is 1. The van der Waals surface area contributed by atoms with E-state index in [9.17, 15) is 0 Å². The van der Waals surface area contributed by atoms with Gasteiger partial charge in [-0.3, -0.25) is 0 Å². The van der Waals surface area contributed by atoms with Crippen molar-refractivity contribution in [3.05, 3.63) is 34.9 Å². The normalized spacial score (nSPS) is 14.8. The zero-order chi connectivity index (χ0) is 13.3. The maximum atomic E-state index is 6.42. The molecule has 17 heavy (non-hydrogen) atoms. The van der Waals surface area contributed by atoms with Crippen LogP contribution in [0.3, 0.4) is 0 Å². The van der Waals surface area contributed by atoms with Gasteiger partial charge in [0.1, 0.15) is 0 Å². The summed E-state index contributed by atoms with van der Waals surface area (Å²) < 4.78 is 6.42. The van der Waals surface area contributed by atoms with Crippen LogP contribution in [0.4, 0.5) is 0 Å². The molecule has 1 nitrogen and oxygen atoms in total. The van der Waals surface area contributed by atoms with Gasteiger partial charge in [-0.25, -0.2) is 0 Å². The van der Waals surface area contributed by atoms with Crippen LogP contribution in [0.1, 0.15) is 18.0 Å². The molecule has 1 unspecified atom stereocenters. The summed E-state index contributed by atoms with van der Waals surface area (Å²) in [7, 11) is -3.15. The lowest BCUT2D eigenvalue weighted by Crippen LogP contribution is -2.46. The zero-order valence-electron chi connectivity index (χ0n) is 11.7. The molecule has 0 radical (unpaired) electrons. The molecular weight excluding hydrogens is 264 g/mol. The molecule has 0 saturated heterocycles. The highest BCUT2D eigenvalue weighted by atomic mass is 35.5. The van der Waals surface area contributed by atoms with Crippen molar-refractivity contribution in [2.75, 3.05) is 0 Å². The molecule has 1 rings (SSSR count). The van der Waals surface area contributed by atoms with E-state index in [1.807, 2.05) is 12.1 Å². The molecule has 0 spiro atoms. The Morgan fingerprint density at radius 1 is 1.00 bits per heavy atom. The van der Waals surface area contributed by atoms with E-state index < -0.39 is 16.6 Å². The van der Waals surface area contributed by atoms with Crippen LogP contribution in [0.15, 0.2) is 24.3 Å². The summed E-state index contributed by atoms with van der Waals surface area (Å²) in [5, 5.41) is 0.798. The minimum atomic E-state index is -1.68. The Bertz CT molecular complexity index is 368. The van der Waals surface area contributed by atoms with Gasteiger partial charge in [-0.2, -0.15) is 0 Å². The maximum absolute atomic E-state index is 6.42. The van der Waals surface area contributed by atoms with E-state index in [1.165, 1.54) is 5.56 Å². The molecule has 4 heteroatoms. The third kappa shape index (κ3) is 4.58. The second kappa shape index (κ2) is 5.26. The van der Waals surface area contributed by atoms with Crippen molar-refractivity contribution in [1.82, 2.24) is 0 Å². The van der Waals surface area contributed by atoms with Crippen molar-refractivity contribution >= 4 is 28.2 Å². The Kier molecular flexibility index (Phi) is 4.63. The summed E-state index contributed by atoms with van der Waals surface area (Å²) in [6.07, 6.45) is 0. The van der Waals surface area contributed by atoms with Gasteiger partial charge in [0.15, 0.2) is 16.6 Å². The fourth-order valence-electron chi connectivity index (χ4n) is 2.03. The van der Waals surface area contributed by atoms with Gasteiger partial charge in [0.25, 0.3) is 0 Å². The van der Waals surface area contributed by atoms with E-state index in [0.29, 0.717) is 5.54 Å². The standard InChI is InChI=1S/C13H23ClOSi2/c1-11(12-7-9-13(14)10-8-12)17(5,6)15-16(2,3)4/h7-11H,1-6H3. The lowest BCUT2D eigenvalue weighted by atomic mass is 10.2. The molecule has 1 aromatic rings. The average Bonchev–Trinajstić information content (AvgIpc) is 2.14. The van der Waals surface area contributed by atoms with Gasteiger partial charge < -0.3 is 4.12 Å². The first-order valence-electron chi connectivity index (χ1n) is 6.07. The molecule has 1 atom stereocenters. The van der Waals surface area contributed by atoms with Crippen LogP contribution in [0.25, 0.3) is 0 Å². The third-order valence-corrected chi connectivity index (χ3v) is 10.2. The molecular formula is C13H23ClOSi2. The van der Waals surface area contributed by atoms with Crippen LogP contribution in [0.5, 0.6) is 0 Å². The first-order valence-corrected chi connectivity index (χ1v) is 12.8. The van der Waals surface area contributed by atoms with Crippen molar-refractivity contribution in [2.24, 2.45) is 0 Å². The predicted octanol–water partition coefficient (Wildman–Crippen LogP) is 5.04. The molecule has 0 bridgehead atoms. The van der Waals surface area contributed by atoms with Crippen LogP contribution in [0, 0.1) is 0 Å². The zero-order valence-corrected chi connectivity index (χ0v) is 14.4. The molecule has 0 heterocycles. The monoisotopic (exact) mass is 286 g/mol. The molecule has 0 fully saturated rings. The van der Waals surface area contributed by atoms with Gasteiger partial charge in [-0.1, -0.05) is 30.7 Å². The number of benzene rings is 1. The van der Waals surface area contributed by atoms with E-state index >= 15 is 0 Å². The van der Waals surface area contributed by atoms with Crippen LogP contribution in [-0.4, -0.2) is 16.6 Å². The SMILES string of the molecule is CC(c1ccc(Cl)cc1)[Si](C)(C)O[Si](C)(C)C. The van der Waals surface area contributed by atoms with E-state index in [0.717, 1.165) is 5.02 Å². The number of hydrogen-bond acceptors (Lipinski definition) is 1. The van der Waals surface area contributed by atoms with Gasteiger partial charge >= 0.3 is 0 Å². The Morgan fingerprint density at radius 3 is 1.88 bits per heavy atom. The second-order valence-corrected chi connectivity index (χ2v) is 15.6. The first-order chi connectivity index (χ1) is 7.62. The molecule has 96 valence electrons. The summed E-state index contributed by atoms with van der Waals surface area (Å²) in [5.41, 5.74) is 1.83. The first kappa shape index (κ1) is 15.0. The highest BCUT2D eigenvalue weighted by Crippen LogP contribution is 2.30. The number of hydrogen-bond donors (Lipinski definition) is 0. The maximum Gasteiger partial charge on any atom is 0.180 e. The Balaban J connectivity index is 2.88. The lowest BCUT2D eigenvalue weighted by Gasteiger charge is -2.36. The summed E-state index contributed by atoms with van der Waals surface area (Å²) in [6.45, 7) is 13.7. The van der Waals surface area contributed by atoms with E-state index in [-0.39, 0.29) is 0 Å².